The Morgan fingerprint density at radius 1 is 0.947 bits per heavy atom. The first-order chi connectivity index (χ1) is 9.22. The number of aliphatic hydroxyl groups is 2. The Hall–Kier alpha value is -1.91. The Bertz CT molecular complexity index is 538. The highest BCUT2D eigenvalue weighted by Gasteiger charge is 2.06. The molecule has 2 N–H and O–H groups in total. The Morgan fingerprint density at radius 2 is 1.63 bits per heavy atom. The Kier molecular flexibility index (Phi) is 4.49. The third-order valence-corrected chi connectivity index (χ3v) is 2.73. The summed E-state index contributed by atoms with van der Waals surface area (Å²) in [6.07, 6.45) is 0.583. The zero-order chi connectivity index (χ0) is 13.7. The molecule has 0 amide bonds. The summed E-state index contributed by atoms with van der Waals surface area (Å²) in [7, 11) is 0. The maximum atomic E-state index is 13.7. The predicted octanol–water partition coefficient (Wildman–Crippen LogP) is 2.65. The molecule has 0 bridgehead atoms. The van der Waals surface area contributed by atoms with Gasteiger partial charge in [0, 0.05) is 6.61 Å². The van der Waals surface area contributed by atoms with Crippen LogP contribution in [0.5, 0.6) is 11.5 Å². The molecule has 0 aliphatic heterocycles. The highest BCUT2D eigenvalue weighted by atomic mass is 19.1. The van der Waals surface area contributed by atoms with E-state index in [1.54, 1.807) is 18.2 Å². The summed E-state index contributed by atoms with van der Waals surface area (Å²) in [6, 6.07) is 11.4. The van der Waals surface area contributed by atoms with Crippen molar-refractivity contribution in [1.29, 1.82) is 0 Å². The van der Waals surface area contributed by atoms with Crippen LogP contribution in [0.15, 0.2) is 42.5 Å². The molecule has 2 aromatic rings. The fourth-order valence-electron chi connectivity index (χ4n) is 1.71. The Morgan fingerprint density at radius 3 is 2.21 bits per heavy atom. The lowest BCUT2D eigenvalue weighted by Gasteiger charge is -2.08. The van der Waals surface area contributed by atoms with Crippen LogP contribution in [0, 0.1) is 5.82 Å². The number of rotatable bonds is 5. The van der Waals surface area contributed by atoms with Gasteiger partial charge >= 0.3 is 0 Å². The van der Waals surface area contributed by atoms with Crippen molar-refractivity contribution in [2.45, 2.75) is 13.0 Å². The van der Waals surface area contributed by atoms with E-state index in [1.807, 2.05) is 12.1 Å². The van der Waals surface area contributed by atoms with E-state index < -0.39 is 5.82 Å². The zero-order valence-corrected chi connectivity index (χ0v) is 10.3. The molecule has 0 aliphatic carbocycles. The lowest BCUT2D eigenvalue weighted by Crippen LogP contribution is -1.93. The van der Waals surface area contributed by atoms with Gasteiger partial charge in [0.25, 0.3) is 0 Å². The average molecular weight is 262 g/mol. The first-order valence-electron chi connectivity index (χ1n) is 6.00. The summed E-state index contributed by atoms with van der Waals surface area (Å²) in [4.78, 5) is 0. The molecule has 0 spiro atoms. The minimum Gasteiger partial charge on any atom is -0.454 e. The third-order valence-electron chi connectivity index (χ3n) is 2.73. The summed E-state index contributed by atoms with van der Waals surface area (Å²) in [5, 5.41) is 17.7. The van der Waals surface area contributed by atoms with Gasteiger partial charge in [-0.15, -0.1) is 0 Å². The second-order valence-corrected chi connectivity index (χ2v) is 4.14. The summed E-state index contributed by atoms with van der Waals surface area (Å²) in [5.74, 6) is 0.135. The monoisotopic (exact) mass is 262 g/mol. The fraction of sp³-hybridized carbons (Fsp3) is 0.200. The molecule has 0 atom stereocenters. The van der Waals surface area contributed by atoms with Crippen molar-refractivity contribution in [3.63, 3.8) is 0 Å². The lowest BCUT2D eigenvalue weighted by atomic mass is 10.1. The van der Waals surface area contributed by atoms with Crippen LogP contribution in [0.3, 0.4) is 0 Å². The van der Waals surface area contributed by atoms with Gasteiger partial charge in [0.15, 0.2) is 11.6 Å². The minimum absolute atomic E-state index is 0.0947. The highest BCUT2D eigenvalue weighted by Crippen LogP contribution is 2.25. The number of aliphatic hydroxyl groups excluding tert-OH is 2. The van der Waals surface area contributed by atoms with E-state index in [0.29, 0.717) is 17.7 Å². The third kappa shape index (κ3) is 3.53. The summed E-state index contributed by atoms with van der Waals surface area (Å²) < 4.78 is 19.1. The molecule has 19 heavy (non-hydrogen) atoms. The molecular weight excluding hydrogens is 247 g/mol. The van der Waals surface area contributed by atoms with Gasteiger partial charge in [0.1, 0.15) is 5.75 Å². The SMILES string of the molecule is OCCc1ccc(Oc2ccc(CO)cc2F)cc1. The van der Waals surface area contributed by atoms with Crippen molar-refractivity contribution >= 4 is 0 Å². The normalized spacial score (nSPS) is 10.5. The summed E-state index contributed by atoms with van der Waals surface area (Å²) in [5.41, 5.74) is 1.49. The van der Waals surface area contributed by atoms with Crippen molar-refractivity contribution < 1.29 is 19.3 Å². The van der Waals surface area contributed by atoms with Gasteiger partial charge in [-0.1, -0.05) is 18.2 Å². The van der Waals surface area contributed by atoms with Crippen LogP contribution in [-0.4, -0.2) is 16.8 Å². The molecule has 0 aromatic heterocycles. The van der Waals surface area contributed by atoms with Gasteiger partial charge < -0.3 is 14.9 Å². The van der Waals surface area contributed by atoms with Gasteiger partial charge in [-0.25, -0.2) is 4.39 Å². The predicted molar refractivity (Wildman–Crippen MR) is 69.6 cm³/mol. The number of hydrogen-bond donors (Lipinski definition) is 2. The molecule has 4 heteroatoms. The van der Waals surface area contributed by atoms with Crippen LogP contribution in [0.2, 0.25) is 0 Å². The van der Waals surface area contributed by atoms with E-state index in [-0.39, 0.29) is 19.0 Å². The molecule has 2 rings (SSSR count). The Balaban J connectivity index is 2.12. The van der Waals surface area contributed by atoms with Gasteiger partial charge in [-0.3, -0.25) is 0 Å². The molecule has 0 unspecified atom stereocenters. The second-order valence-electron chi connectivity index (χ2n) is 4.14. The molecular formula is C15H15FO3. The maximum Gasteiger partial charge on any atom is 0.166 e. The standard InChI is InChI=1S/C15H15FO3/c16-14-9-12(10-18)3-6-15(14)19-13-4-1-11(2-5-13)7-8-17/h1-6,9,17-18H,7-8,10H2. The molecule has 2 aromatic carbocycles. The maximum absolute atomic E-state index is 13.7. The Labute approximate surface area is 110 Å². The molecule has 0 fully saturated rings. The molecule has 0 aliphatic rings. The van der Waals surface area contributed by atoms with Crippen molar-refractivity contribution in [1.82, 2.24) is 0 Å². The molecule has 0 radical (unpaired) electrons. The second kappa shape index (κ2) is 6.31. The topological polar surface area (TPSA) is 49.7 Å². The molecule has 0 saturated carbocycles. The molecule has 0 saturated heterocycles. The molecule has 100 valence electrons. The van der Waals surface area contributed by atoms with E-state index in [0.717, 1.165) is 5.56 Å². The highest BCUT2D eigenvalue weighted by molar-refractivity contribution is 5.35. The van der Waals surface area contributed by atoms with Crippen LogP contribution in [0.4, 0.5) is 4.39 Å². The van der Waals surface area contributed by atoms with E-state index in [2.05, 4.69) is 0 Å². The van der Waals surface area contributed by atoms with Crippen molar-refractivity contribution in [3.05, 3.63) is 59.4 Å². The number of halogens is 1. The van der Waals surface area contributed by atoms with Crippen molar-refractivity contribution in [3.8, 4) is 11.5 Å². The first kappa shape index (κ1) is 13.5. The van der Waals surface area contributed by atoms with E-state index in [4.69, 9.17) is 14.9 Å². The van der Waals surface area contributed by atoms with Crippen molar-refractivity contribution in [2.24, 2.45) is 0 Å². The molecule has 0 heterocycles. The van der Waals surface area contributed by atoms with Gasteiger partial charge in [-0.2, -0.15) is 0 Å². The van der Waals surface area contributed by atoms with E-state index in [9.17, 15) is 4.39 Å². The van der Waals surface area contributed by atoms with E-state index in [1.165, 1.54) is 12.1 Å². The lowest BCUT2D eigenvalue weighted by molar-refractivity contribution is 0.281. The van der Waals surface area contributed by atoms with Crippen LogP contribution >= 0.6 is 0 Å². The van der Waals surface area contributed by atoms with E-state index >= 15 is 0 Å². The van der Waals surface area contributed by atoms with Crippen molar-refractivity contribution in [2.75, 3.05) is 6.61 Å². The van der Waals surface area contributed by atoms with Crippen LogP contribution < -0.4 is 4.74 Å². The average Bonchev–Trinajstić information content (AvgIpc) is 2.43. The number of ether oxygens (including phenoxy) is 1. The quantitative estimate of drug-likeness (QED) is 0.871. The number of benzene rings is 2. The van der Waals surface area contributed by atoms with Crippen LogP contribution in [0.1, 0.15) is 11.1 Å². The summed E-state index contributed by atoms with van der Waals surface area (Å²) >= 11 is 0. The fourth-order valence-corrected chi connectivity index (χ4v) is 1.71. The largest absolute Gasteiger partial charge is 0.454 e. The van der Waals surface area contributed by atoms with Gasteiger partial charge in [0.05, 0.1) is 6.61 Å². The van der Waals surface area contributed by atoms with Crippen LogP contribution in [0.25, 0.3) is 0 Å². The molecule has 3 nitrogen and oxygen atoms in total. The zero-order valence-electron chi connectivity index (χ0n) is 10.3. The summed E-state index contributed by atoms with van der Waals surface area (Å²) in [6.45, 7) is -0.107. The van der Waals surface area contributed by atoms with Gasteiger partial charge in [-0.05, 0) is 41.8 Å². The first-order valence-corrected chi connectivity index (χ1v) is 6.00. The minimum atomic E-state index is -0.508. The number of hydrogen-bond acceptors (Lipinski definition) is 3. The van der Waals surface area contributed by atoms with Gasteiger partial charge in [0.2, 0.25) is 0 Å². The van der Waals surface area contributed by atoms with Crippen LogP contribution in [-0.2, 0) is 13.0 Å². The smallest absolute Gasteiger partial charge is 0.166 e.